The molecule has 1 aromatic carbocycles. The van der Waals surface area contributed by atoms with Gasteiger partial charge in [0.25, 0.3) is 0 Å². The zero-order valence-corrected chi connectivity index (χ0v) is 26.7. The maximum absolute atomic E-state index is 13.1. The van der Waals surface area contributed by atoms with Crippen molar-refractivity contribution in [1.29, 1.82) is 0 Å². The Morgan fingerprint density at radius 2 is 1.77 bits per heavy atom. The fourth-order valence-corrected chi connectivity index (χ4v) is 5.99. The number of ether oxygens (including phenoxy) is 4. The minimum Gasteiger partial charge on any atom is -0.462 e. The van der Waals surface area contributed by atoms with Gasteiger partial charge in [-0.15, -0.1) is 0 Å². The van der Waals surface area contributed by atoms with Crippen molar-refractivity contribution in [2.45, 2.75) is 70.9 Å². The van der Waals surface area contributed by atoms with Crippen molar-refractivity contribution in [2.24, 2.45) is 0 Å². The first-order valence-electron chi connectivity index (χ1n) is 15.5. The van der Waals surface area contributed by atoms with Gasteiger partial charge in [0.2, 0.25) is 0 Å². The Hall–Kier alpha value is -3.64. The number of carbonyl (C=O) groups is 2. The second-order valence-electron chi connectivity index (χ2n) is 12.8. The molecule has 2 amide bonds. The van der Waals surface area contributed by atoms with Gasteiger partial charge in [0.05, 0.1) is 24.9 Å². The van der Waals surface area contributed by atoms with Gasteiger partial charge in [-0.2, -0.15) is 9.97 Å². The molecule has 0 aliphatic carbocycles. The summed E-state index contributed by atoms with van der Waals surface area (Å²) < 4.78 is 23.0. The van der Waals surface area contributed by atoms with Crippen molar-refractivity contribution in [2.75, 3.05) is 65.0 Å². The van der Waals surface area contributed by atoms with Gasteiger partial charge in [0.15, 0.2) is 0 Å². The molecule has 1 unspecified atom stereocenters. The summed E-state index contributed by atoms with van der Waals surface area (Å²) in [6, 6.07) is 10.0. The van der Waals surface area contributed by atoms with Crippen LogP contribution in [0.1, 0.15) is 50.4 Å². The molecule has 2 atom stereocenters. The summed E-state index contributed by atoms with van der Waals surface area (Å²) in [7, 11) is 3.75. The Labute approximate surface area is 260 Å². The van der Waals surface area contributed by atoms with E-state index >= 15 is 0 Å². The monoisotopic (exact) mass is 610 g/mol. The van der Waals surface area contributed by atoms with E-state index in [0.717, 1.165) is 42.0 Å². The number of rotatable bonds is 8. The molecule has 12 nitrogen and oxygen atoms in total. The van der Waals surface area contributed by atoms with Gasteiger partial charge in [-0.05, 0) is 59.2 Å². The predicted octanol–water partition coefficient (Wildman–Crippen LogP) is 3.72. The van der Waals surface area contributed by atoms with E-state index in [-0.39, 0.29) is 24.8 Å². The van der Waals surface area contributed by atoms with Gasteiger partial charge >= 0.3 is 18.2 Å². The van der Waals surface area contributed by atoms with Crippen molar-refractivity contribution in [3.05, 3.63) is 47.2 Å². The van der Waals surface area contributed by atoms with E-state index in [4.69, 9.17) is 28.9 Å². The van der Waals surface area contributed by atoms with Gasteiger partial charge in [0.1, 0.15) is 24.6 Å². The molecule has 5 rings (SSSR count). The summed E-state index contributed by atoms with van der Waals surface area (Å²) in [6.07, 6.45) is 2.07. The van der Waals surface area contributed by atoms with Crippen molar-refractivity contribution < 1.29 is 28.5 Å². The molecule has 0 saturated carbocycles. The molecule has 3 aliphatic heterocycles. The van der Waals surface area contributed by atoms with Crippen LogP contribution >= 0.6 is 0 Å². The van der Waals surface area contributed by atoms with Crippen LogP contribution in [0.2, 0.25) is 0 Å². The highest BCUT2D eigenvalue weighted by Crippen LogP contribution is 2.31. The molecule has 3 aliphatic rings. The van der Waals surface area contributed by atoms with Crippen LogP contribution in [0.15, 0.2) is 30.3 Å². The highest BCUT2D eigenvalue weighted by molar-refractivity contribution is 5.70. The number of fused-ring (bicyclic) bond motifs is 1. The summed E-state index contributed by atoms with van der Waals surface area (Å²) in [5.74, 6) is 0.784. The molecule has 2 aromatic rings. The molecule has 12 heteroatoms. The molecule has 4 heterocycles. The molecule has 1 aromatic heterocycles. The Balaban J connectivity index is 1.36. The van der Waals surface area contributed by atoms with Crippen LogP contribution in [0.3, 0.4) is 0 Å². The number of hydrogen-bond acceptors (Lipinski definition) is 10. The van der Waals surface area contributed by atoms with Crippen LogP contribution in [0.25, 0.3) is 0 Å². The number of aromatic nitrogens is 2. The summed E-state index contributed by atoms with van der Waals surface area (Å²) in [6.45, 7) is 10.1. The standard InChI is InChI=1S/C32H46N6O6/c1-32(2,3)44-31(40)38-17-16-36(18-25(38)21-41-5)28-26-13-15-37(30(39)43-20-23-10-7-6-8-11-23)19-27(26)33-29(34-28)42-22-24-12-9-14-35(24)4/h6-8,10-11,24-25H,9,12-22H2,1-5H3/t24-,25?/m0/s1. The first-order valence-corrected chi connectivity index (χ1v) is 15.5. The normalized spacial score (nSPS) is 20.8. The molecule has 2 saturated heterocycles. The molecular formula is C32H46N6O6. The molecular weight excluding hydrogens is 564 g/mol. The lowest BCUT2D eigenvalue weighted by Gasteiger charge is -2.42. The second-order valence-corrected chi connectivity index (χ2v) is 12.8. The van der Waals surface area contributed by atoms with Gasteiger partial charge < -0.3 is 33.6 Å². The van der Waals surface area contributed by atoms with E-state index in [0.29, 0.717) is 64.4 Å². The Kier molecular flexibility index (Phi) is 10.1. The minimum absolute atomic E-state index is 0.212. The lowest BCUT2D eigenvalue weighted by atomic mass is 10.0. The average Bonchev–Trinajstić information content (AvgIpc) is 3.42. The van der Waals surface area contributed by atoms with Crippen LogP contribution in [0, 0.1) is 0 Å². The van der Waals surface area contributed by atoms with E-state index in [9.17, 15) is 9.59 Å². The number of benzene rings is 1. The Bertz CT molecular complexity index is 1290. The fourth-order valence-electron chi connectivity index (χ4n) is 5.99. The summed E-state index contributed by atoms with van der Waals surface area (Å²) in [5, 5.41) is 0. The molecule has 2 fully saturated rings. The van der Waals surface area contributed by atoms with Crippen molar-refractivity contribution in [1.82, 2.24) is 24.7 Å². The molecule has 0 radical (unpaired) electrons. The van der Waals surface area contributed by atoms with Crippen LogP contribution in [0.5, 0.6) is 6.01 Å². The van der Waals surface area contributed by atoms with Crippen LogP contribution < -0.4 is 9.64 Å². The van der Waals surface area contributed by atoms with Gasteiger partial charge in [-0.25, -0.2) is 9.59 Å². The number of amides is 2. The van der Waals surface area contributed by atoms with E-state index in [1.54, 1.807) is 16.9 Å². The average molecular weight is 611 g/mol. The SMILES string of the molecule is COCC1CN(c2nc(OC[C@@H]3CCCN3C)nc3c2CCN(C(=O)OCc2ccccc2)C3)CCN1C(=O)OC(C)(C)C. The van der Waals surface area contributed by atoms with E-state index in [1.807, 2.05) is 51.1 Å². The molecule has 0 N–H and O–H groups in total. The number of piperazine rings is 1. The molecule has 44 heavy (non-hydrogen) atoms. The van der Waals surface area contributed by atoms with Crippen molar-refractivity contribution >= 4 is 18.0 Å². The van der Waals surface area contributed by atoms with Gasteiger partial charge in [-0.1, -0.05) is 30.3 Å². The maximum atomic E-state index is 13.1. The molecule has 0 spiro atoms. The summed E-state index contributed by atoms with van der Waals surface area (Å²) in [4.78, 5) is 43.7. The number of nitrogens with zero attached hydrogens (tertiary/aromatic N) is 6. The van der Waals surface area contributed by atoms with Crippen molar-refractivity contribution in [3.63, 3.8) is 0 Å². The minimum atomic E-state index is -0.592. The van der Waals surface area contributed by atoms with E-state index in [2.05, 4.69) is 16.8 Å². The Morgan fingerprint density at radius 1 is 0.977 bits per heavy atom. The number of anilines is 1. The number of likely N-dealkylation sites (N-methyl/N-ethyl adjacent to an activating group) is 1. The van der Waals surface area contributed by atoms with Gasteiger partial charge in [0, 0.05) is 44.9 Å². The van der Waals surface area contributed by atoms with E-state index in [1.165, 1.54) is 0 Å². The number of methoxy groups -OCH3 is 1. The van der Waals surface area contributed by atoms with Gasteiger partial charge in [-0.3, -0.25) is 4.90 Å². The number of carbonyl (C=O) groups excluding carboxylic acids is 2. The van der Waals surface area contributed by atoms with Crippen LogP contribution in [-0.2, 0) is 33.8 Å². The first kappa shape index (κ1) is 31.8. The highest BCUT2D eigenvalue weighted by Gasteiger charge is 2.36. The molecule has 0 bridgehead atoms. The third-order valence-corrected chi connectivity index (χ3v) is 8.33. The smallest absolute Gasteiger partial charge is 0.410 e. The third kappa shape index (κ3) is 7.89. The fraction of sp³-hybridized carbons (Fsp3) is 0.625. The zero-order valence-electron chi connectivity index (χ0n) is 26.7. The zero-order chi connectivity index (χ0) is 31.3. The quantitative estimate of drug-likeness (QED) is 0.439. The van der Waals surface area contributed by atoms with Crippen LogP contribution in [0.4, 0.5) is 15.4 Å². The number of hydrogen-bond donors (Lipinski definition) is 0. The topological polar surface area (TPSA) is 110 Å². The lowest BCUT2D eigenvalue weighted by molar-refractivity contribution is 0.00334. The van der Waals surface area contributed by atoms with E-state index < -0.39 is 5.60 Å². The predicted molar refractivity (Wildman–Crippen MR) is 165 cm³/mol. The van der Waals surface area contributed by atoms with Crippen molar-refractivity contribution in [3.8, 4) is 6.01 Å². The Morgan fingerprint density at radius 3 is 2.48 bits per heavy atom. The lowest BCUT2D eigenvalue weighted by Crippen LogP contribution is -2.58. The number of likely N-dealkylation sites (tertiary alicyclic amines) is 1. The second kappa shape index (κ2) is 14.0. The summed E-state index contributed by atoms with van der Waals surface area (Å²) >= 11 is 0. The highest BCUT2D eigenvalue weighted by atomic mass is 16.6. The first-order chi connectivity index (χ1) is 21.1. The van der Waals surface area contributed by atoms with Crippen LogP contribution in [-0.4, -0.2) is 115 Å². The third-order valence-electron chi connectivity index (χ3n) is 8.33. The molecule has 240 valence electrons. The summed E-state index contributed by atoms with van der Waals surface area (Å²) in [5.41, 5.74) is 2.09. The largest absolute Gasteiger partial charge is 0.462 e. The maximum Gasteiger partial charge on any atom is 0.410 e.